The first-order valence-corrected chi connectivity index (χ1v) is 12.4. The number of carbonyl (C=O) groups excluding carboxylic acids is 2. The van der Waals surface area contributed by atoms with E-state index in [9.17, 15) is 9.59 Å². The van der Waals surface area contributed by atoms with Gasteiger partial charge in [-0.25, -0.2) is 4.98 Å². The van der Waals surface area contributed by atoms with Crippen molar-refractivity contribution in [3.63, 3.8) is 0 Å². The number of Topliss-reactive ketones (excluding diaryl/α,β-unsaturated/α-hetero) is 1. The molecule has 0 fully saturated rings. The van der Waals surface area contributed by atoms with Crippen molar-refractivity contribution < 1.29 is 14.3 Å². The fourth-order valence-electron chi connectivity index (χ4n) is 3.97. The third-order valence-electron chi connectivity index (χ3n) is 5.58. The Labute approximate surface area is 190 Å². The molecule has 1 aliphatic rings. The lowest BCUT2D eigenvalue weighted by Gasteiger charge is -2.13. The maximum absolute atomic E-state index is 12.8. The number of nitrogens with zero attached hydrogens (tertiary/aromatic N) is 2. The van der Waals surface area contributed by atoms with Crippen molar-refractivity contribution in [3.8, 4) is 10.6 Å². The van der Waals surface area contributed by atoms with Gasteiger partial charge in [0.1, 0.15) is 16.3 Å². The minimum absolute atomic E-state index is 0.162. The first-order valence-electron chi connectivity index (χ1n) is 10.8. The highest BCUT2D eigenvalue weighted by Gasteiger charge is 2.25. The molecule has 0 saturated heterocycles. The first kappa shape index (κ1) is 22.0. The summed E-state index contributed by atoms with van der Waals surface area (Å²) in [5.41, 5.74) is 3.47. The molecule has 3 aromatic rings. The number of aromatic nitrogens is 2. The van der Waals surface area contributed by atoms with Crippen LogP contribution in [0.3, 0.4) is 0 Å². The Bertz CT molecular complexity index is 1040. The number of esters is 1. The first-order chi connectivity index (χ1) is 15.2. The average molecular weight is 458 g/mol. The number of carbonyl (C=O) groups is 2. The zero-order valence-corrected chi connectivity index (χ0v) is 19.4. The molecule has 8 heteroatoms. The molecule has 4 heterocycles. The summed E-state index contributed by atoms with van der Waals surface area (Å²) < 4.78 is 5.79. The molecule has 164 valence electrons. The van der Waals surface area contributed by atoms with Crippen LogP contribution in [0, 0.1) is 0 Å². The van der Waals surface area contributed by atoms with Crippen LogP contribution in [-0.4, -0.2) is 35.4 Å². The van der Waals surface area contributed by atoms with Gasteiger partial charge in [0.05, 0.1) is 18.0 Å². The molecule has 0 aliphatic carbocycles. The van der Waals surface area contributed by atoms with E-state index in [1.165, 1.54) is 23.1 Å². The summed E-state index contributed by atoms with van der Waals surface area (Å²) in [5, 5.41) is 4.45. The number of thiazole rings is 1. The van der Waals surface area contributed by atoms with Crippen LogP contribution in [0.5, 0.6) is 0 Å². The smallest absolute Gasteiger partial charge is 0.305 e. The van der Waals surface area contributed by atoms with Crippen molar-refractivity contribution in [1.82, 2.24) is 15.3 Å². The predicted octanol–water partition coefficient (Wildman–Crippen LogP) is 4.69. The minimum Gasteiger partial charge on any atom is -0.469 e. The summed E-state index contributed by atoms with van der Waals surface area (Å²) in [6.45, 7) is 1.83. The van der Waals surface area contributed by atoms with Crippen molar-refractivity contribution in [3.05, 3.63) is 33.8 Å². The van der Waals surface area contributed by atoms with E-state index in [0.29, 0.717) is 19.3 Å². The lowest BCUT2D eigenvalue weighted by Crippen LogP contribution is -2.22. The van der Waals surface area contributed by atoms with Gasteiger partial charge in [0.25, 0.3) is 0 Å². The molecule has 1 aliphatic heterocycles. The van der Waals surface area contributed by atoms with Gasteiger partial charge in [0.15, 0.2) is 0 Å². The fraction of sp³-hybridized carbons (Fsp3) is 0.478. The highest BCUT2D eigenvalue weighted by atomic mass is 32.1. The van der Waals surface area contributed by atoms with Gasteiger partial charge in [0, 0.05) is 47.3 Å². The molecule has 0 spiro atoms. The third kappa shape index (κ3) is 5.37. The van der Waals surface area contributed by atoms with Crippen molar-refractivity contribution in [2.24, 2.45) is 0 Å². The topological polar surface area (TPSA) is 81.2 Å². The number of ketones is 1. The van der Waals surface area contributed by atoms with Gasteiger partial charge in [-0.1, -0.05) is 12.8 Å². The molecule has 0 atom stereocenters. The highest BCUT2D eigenvalue weighted by molar-refractivity contribution is 7.22. The Kier molecular flexibility index (Phi) is 7.42. The summed E-state index contributed by atoms with van der Waals surface area (Å²) >= 11 is 3.45. The highest BCUT2D eigenvalue weighted by Crippen LogP contribution is 2.41. The van der Waals surface area contributed by atoms with E-state index >= 15 is 0 Å². The van der Waals surface area contributed by atoms with Crippen molar-refractivity contribution in [2.45, 2.75) is 57.9 Å². The summed E-state index contributed by atoms with van der Waals surface area (Å²) in [5.74, 6) is 0.119. The molecule has 6 nitrogen and oxygen atoms in total. The maximum Gasteiger partial charge on any atom is 0.305 e. The minimum atomic E-state index is -0.162. The molecule has 0 aromatic carbocycles. The number of ether oxygens (including phenoxy) is 1. The van der Waals surface area contributed by atoms with Gasteiger partial charge < -0.3 is 10.1 Å². The molecule has 3 aromatic heterocycles. The standard InChI is InChI=1S/C23H27N3O3S2/c1-29-21(28)7-5-3-2-4-6-15(27)12-19-22(16-8-10-25-14-20(16)30-19)23-26-17-13-24-11-9-18(17)31-23/h9,11,13,25H,2-8,10,12,14H2,1H3. The largest absolute Gasteiger partial charge is 0.469 e. The van der Waals surface area contributed by atoms with E-state index in [0.717, 1.165) is 65.3 Å². The van der Waals surface area contributed by atoms with E-state index in [1.807, 2.05) is 6.07 Å². The molecular formula is C23H27N3O3S2. The van der Waals surface area contributed by atoms with Gasteiger partial charge >= 0.3 is 5.97 Å². The third-order valence-corrected chi connectivity index (χ3v) is 7.86. The Balaban J connectivity index is 1.43. The molecule has 1 N–H and O–H groups in total. The number of thiophene rings is 1. The lowest BCUT2D eigenvalue weighted by molar-refractivity contribution is -0.140. The molecule has 0 unspecified atom stereocenters. The molecule has 0 bridgehead atoms. The van der Waals surface area contributed by atoms with Crippen LogP contribution >= 0.6 is 22.7 Å². The second-order valence-corrected chi connectivity index (χ2v) is 10.0. The van der Waals surface area contributed by atoms with E-state index in [-0.39, 0.29) is 11.8 Å². The number of nitrogens with one attached hydrogen (secondary N) is 1. The zero-order valence-electron chi connectivity index (χ0n) is 17.7. The number of hydrogen-bond acceptors (Lipinski definition) is 8. The Morgan fingerprint density at radius 2 is 2.00 bits per heavy atom. The number of hydrogen-bond donors (Lipinski definition) is 1. The van der Waals surface area contributed by atoms with Gasteiger partial charge in [-0.15, -0.1) is 22.7 Å². The van der Waals surface area contributed by atoms with Crippen LogP contribution < -0.4 is 5.32 Å². The van der Waals surface area contributed by atoms with E-state index < -0.39 is 0 Å². The van der Waals surface area contributed by atoms with E-state index in [1.54, 1.807) is 35.1 Å². The number of rotatable bonds is 10. The molecular weight excluding hydrogens is 430 g/mol. The van der Waals surface area contributed by atoms with Gasteiger partial charge in [-0.3, -0.25) is 14.6 Å². The lowest BCUT2D eigenvalue weighted by atomic mass is 10.00. The fourth-order valence-corrected chi connectivity index (χ4v) is 6.42. The SMILES string of the molecule is COC(=O)CCCCCCC(=O)Cc1sc2c(c1-c1nc3cnccc3s1)CCNC2. The van der Waals surface area contributed by atoms with Gasteiger partial charge in [-0.05, 0) is 37.4 Å². The van der Waals surface area contributed by atoms with Crippen LogP contribution in [0.25, 0.3) is 20.8 Å². The van der Waals surface area contributed by atoms with Crippen LogP contribution in [0.1, 0.15) is 53.8 Å². The Morgan fingerprint density at radius 1 is 1.16 bits per heavy atom. The summed E-state index contributed by atoms with van der Waals surface area (Å²) in [6.07, 6.45) is 9.71. The van der Waals surface area contributed by atoms with Crippen molar-refractivity contribution in [2.75, 3.05) is 13.7 Å². The van der Waals surface area contributed by atoms with Gasteiger partial charge in [-0.2, -0.15) is 0 Å². The normalized spacial score (nSPS) is 13.3. The number of fused-ring (bicyclic) bond motifs is 2. The molecule has 4 rings (SSSR count). The van der Waals surface area contributed by atoms with Crippen LogP contribution in [-0.2, 0) is 33.7 Å². The molecule has 0 saturated carbocycles. The monoisotopic (exact) mass is 457 g/mol. The number of methoxy groups -OCH3 is 1. The summed E-state index contributed by atoms with van der Waals surface area (Å²) in [4.78, 5) is 35.4. The van der Waals surface area contributed by atoms with Crippen LogP contribution in [0.15, 0.2) is 18.5 Å². The molecule has 0 amide bonds. The summed E-state index contributed by atoms with van der Waals surface area (Å²) in [6, 6.07) is 2.00. The van der Waals surface area contributed by atoms with Crippen molar-refractivity contribution >= 4 is 44.6 Å². The predicted molar refractivity (Wildman–Crippen MR) is 125 cm³/mol. The molecule has 0 radical (unpaired) electrons. The molecule has 31 heavy (non-hydrogen) atoms. The Hall–Kier alpha value is -2.16. The van der Waals surface area contributed by atoms with Gasteiger partial charge in [0.2, 0.25) is 0 Å². The zero-order chi connectivity index (χ0) is 21.6. The average Bonchev–Trinajstić information content (AvgIpc) is 3.36. The Morgan fingerprint density at radius 3 is 2.81 bits per heavy atom. The number of pyridine rings is 1. The van der Waals surface area contributed by atoms with Crippen LogP contribution in [0.2, 0.25) is 0 Å². The van der Waals surface area contributed by atoms with Crippen molar-refractivity contribution in [1.29, 1.82) is 0 Å². The number of unbranched alkanes of at least 4 members (excludes halogenated alkanes) is 3. The van der Waals surface area contributed by atoms with E-state index in [2.05, 4.69) is 15.0 Å². The maximum atomic E-state index is 12.8. The quantitative estimate of drug-likeness (QED) is 0.351. The van der Waals surface area contributed by atoms with E-state index in [4.69, 9.17) is 4.98 Å². The second kappa shape index (κ2) is 10.4. The summed E-state index contributed by atoms with van der Waals surface area (Å²) in [7, 11) is 1.42. The van der Waals surface area contributed by atoms with Crippen LogP contribution in [0.4, 0.5) is 0 Å². The second-order valence-electron chi connectivity index (χ2n) is 7.80.